The Kier molecular flexibility index (Phi) is 10.2. The molecule has 230 valence electrons. The standard InChI is InChI=1S/C27H39N6O7PS/c1-7-13-28-23-21-24(31-18(5)30-23)33(15-29-21)26-27(6,36)22(34)20(39-26)14-37-41(42,40-19-11-9-8-10-12-19)32-17(4)25(35)38-16(2)3/h7-12,15-17,20,22-23,26,28,34,36H,1,13-14H2,2-6H3,(H,30,31)(H,32,42)/t17?,20-,22-,23?,26-,27-,41?/m1/s1. The van der Waals surface area contributed by atoms with Gasteiger partial charge in [0, 0.05) is 6.54 Å². The molecule has 2 aromatic rings. The van der Waals surface area contributed by atoms with Crippen LogP contribution in [0.3, 0.4) is 0 Å². The number of imidazole rings is 1. The zero-order valence-corrected chi connectivity index (χ0v) is 26.0. The van der Waals surface area contributed by atoms with E-state index in [1.807, 2.05) is 13.0 Å². The van der Waals surface area contributed by atoms with Crippen molar-refractivity contribution in [2.75, 3.05) is 13.2 Å². The van der Waals surface area contributed by atoms with Gasteiger partial charge in [0.25, 0.3) is 0 Å². The van der Waals surface area contributed by atoms with E-state index in [-0.39, 0.29) is 18.9 Å². The number of aliphatic hydroxyl groups excluding tert-OH is 1. The predicted molar refractivity (Wildman–Crippen MR) is 161 cm³/mol. The van der Waals surface area contributed by atoms with Crippen LogP contribution in [-0.2, 0) is 30.6 Å². The molecule has 0 amide bonds. The molecule has 3 heterocycles. The van der Waals surface area contributed by atoms with Crippen LogP contribution in [0.15, 0.2) is 54.3 Å². The van der Waals surface area contributed by atoms with Crippen molar-refractivity contribution in [3.63, 3.8) is 0 Å². The molecule has 1 fully saturated rings. The van der Waals surface area contributed by atoms with Crippen LogP contribution in [0.4, 0.5) is 5.82 Å². The number of hydrogen-bond acceptors (Lipinski definition) is 12. The third-order valence-corrected chi connectivity index (χ3v) is 9.10. The number of nitrogens with one attached hydrogen (secondary N) is 3. The van der Waals surface area contributed by atoms with Gasteiger partial charge in [0.1, 0.15) is 47.3 Å². The lowest BCUT2D eigenvalue weighted by molar-refractivity contribution is -0.149. The van der Waals surface area contributed by atoms with E-state index < -0.39 is 42.7 Å². The highest BCUT2D eigenvalue weighted by Crippen LogP contribution is 2.48. The van der Waals surface area contributed by atoms with Crippen LogP contribution < -0.4 is 20.2 Å². The molecule has 1 aromatic heterocycles. The molecule has 15 heteroatoms. The summed E-state index contributed by atoms with van der Waals surface area (Å²) in [5, 5.41) is 32.0. The van der Waals surface area contributed by atoms with Gasteiger partial charge >= 0.3 is 12.6 Å². The van der Waals surface area contributed by atoms with Gasteiger partial charge in [0.05, 0.1) is 19.0 Å². The monoisotopic (exact) mass is 622 g/mol. The molecule has 13 nitrogen and oxygen atoms in total. The maximum atomic E-state index is 12.5. The molecule has 0 aliphatic carbocycles. The molecule has 2 aliphatic heterocycles. The lowest BCUT2D eigenvalue weighted by atomic mass is 9.96. The smallest absolute Gasteiger partial charge is 0.323 e. The van der Waals surface area contributed by atoms with Crippen LogP contribution in [-0.4, -0.2) is 74.7 Å². The Hall–Kier alpha value is -2.68. The van der Waals surface area contributed by atoms with Gasteiger partial charge in [0.15, 0.2) is 12.0 Å². The summed E-state index contributed by atoms with van der Waals surface area (Å²) >= 11 is 5.77. The molecule has 0 spiro atoms. The first-order valence-electron chi connectivity index (χ1n) is 13.6. The number of amidine groups is 1. The number of aliphatic imine (C=N–C) groups is 1. The van der Waals surface area contributed by atoms with Crippen molar-refractivity contribution in [2.45, 2.75) is 77.0 Å². The Balaban J connectivity index is 1.54. The zero-order chi connectivity index (χ0) is 30.7. The third kappa shape index (κ3) is 7.26. The van der Waals surface area contributed by atoms with Crippen molar-refractivity contribution in [1.29, 1.82) is 0 Å². The third-order valence-electron chi connectivity index (χ3n) is 6.60. The number of fused-ring (bicyclic) bond motifs is 1. The Morgan fingerprint density at radius 3 is 2.74 bits per heavy atom. The highest BCUT2D eigenvalue weighted by atomic mass is 32.5. The van der Waals surface area contributed by atoms with Gasteiger partial charge in [-0.15, -0.1) is 6.58 Å². The summed E-state index contributed by atoms with van der Waals surface area (Å²) in [4.78, 5) is 21.6. The average molecular weight is 623 g/mol. The minimum Gasteiger partial charge on any atom is -0.462 e. The molecular weight excluding hydrogens is 583 g/mol. The number of nitrogens with zero attached hydrogens (tertiary/aromatic N) is 3. The number of carbonyl (C=O) groups excluding carboxylic acids is 1. The summed E-state index contributed by atoms with van der Waals surface area (Å²) in [6, 6.07) is 7.96. The van der Waals surface area contributed by atoms with E-state index in [9.17, 15) is 15.0 Å². The lowest BCUT2D eigenvalue weighted by Crippen LogP contribution is -2.44. The molecule has 1 saturated heterocycles. The van der Waals surface area contributed by atoms with Crippen LogP contribution in [0.25, 0.3) is 0 Å². The number of aromatic nitrogens is 2. The van der Waals surface area contributed by atoms with Crippen molar-refractivity contribution in [1.82, 2.24) is 25.3 Å². The fraction of sp³-hybridized carbons (Fsp3) is 0.519. The highest BCUT2D eigenvalue weighted by molar-refractivity contribution is 8.09. The molecule has 2 aliphatic rings. The summed E-state index contributed by atoms with van der Waals surface area (Å²) in [5.41, 5.74) is -1.14. The summed E-state index contributed by atoms with van der Waals surface area (Å²) in [5.74, 6) is 1.03. The van der Waals surface area contributed by atoms with E-state index in [2.05, 4.69) is 32.3 Å². The Morgan fingerprint density at radius 2 is 2.07 bits per heavy atom. The molecule has 5 N–H and O–H groups in total. The second kappa shape index (κ2) is 13.3. The van der Waals surface area contributed by atoms with Crippen LogP contribution in [0, 0.1) is 0 Å². The molecule has 42 heavy (non-hydrogen) atoms. The molecular formula is C27H39N6O7PS. The Bertz CT molecular complexity index is 1340. The normalized spacial score (nSPS) is 27.4. The maximum absolute atomic E-state index is 12.5. The molecule has 0 radical (unpaired) electrons. The van der Waals surface area contributed by atoms with E-state index in [0.717, 1.165) is 0 Å². The van der Waals surface area contributed by atoms with Crippen LogP contribution >= 0.6 is 6.64 Å². The zero-order valence-electron chi connectivity index (χ0n) is 24.3. The number of para-hydroxylation sites is 1. The summed E-state index contributed by atoms with van der Waals surface area (Å²) in [6.45, 7) is 9.00. The van der Waals surface area contributed by atoms with Crippen LogP contribution in [0.1, 0.15) is 52.7 Å². The number of rotatable bonds is 13. The Morgan fingerprint density at radius 1 is 1.36 bits per heavy atom. The molecule has 4 rings (SSSR count). The number of aliphatic hydroxyl groups is 2. The van der Waals surface area contributed by atoms with Gasteiger partial charge in [-0.2, -0.15) is 0 Å². The summed E-state index contributed by atoms with van der Waals surface area (Å²) < 4.78 is 25.2. The first-order chi connectivity index (χ1) is 19.8. The fourth-order valence-corrected chi connectivity index (χ4v) is 6.98. The first kappa shape index (κ1) is 32.2. The highest BCUT2D eigenvalue weighted by Gasteiger charge is 2.54. The van der Waals surface area contributed by atoms with Crippen molar-refractivity contribution in [3.05, 3.63) is 55.0 Å². The molecule has 3 unspecified atom stereocenters. The van der Waals surface area contributed by atoms with Gasteiger partial charge in [-0.3, -0.25) is 14.7 Å². The van der Waals surface area contributed by atoms with Crippen molar-refractivity contribution < 1.29 is 33.5 Å². The van der Waals surface area contributed by atoms with E-state index in [0.29, 0.717) is 29.6 Å². The fourth-order valence-electron chi connectivity index (χ4n) is 4.56. The van der Waals surface area contributed by atoms with Crippen LogP contribution in [0.2, 0.25) is 0 Å². The number of hydrogen-bond donors (Lipinski definition) is 5. The van der Waals surface area contributed by atoms with Gasteiger partial charge in [-0.1, -0.05) is 24.3 Å². The number of esters is 1. The minimum atomic E-state index is -3.40. The average Bonchev–Trinajstić information content (AvgIpc) is 3.43. The van der Waals surface area contributed by atoms with Crippen molar-refractivity contribution in [3.8, 4) is 5.75 Å². The largest absolute Gasteiger partial charge is 0.462 e. The van der Waals surface area contributed by atoms with Gasteiger partial charge in [0.2, 0.25) is 0 Å². The number of ether oxygens (including phenoxy) is 2. The summed E-state index contributed by atoms with van der Waals surface area (Å²) in [7, 11) is 0. The van der Waals surface area contributed by atoms with Gasteiger partial charge in [-0.25, -0.2) is 15.1 Å². The van der Waals surface area contributed by atoms with E-state index >= 15 is 0 Å². The maximum Gasteiger partial charge on any atom is 0.323 e. The van der Waals surface area contributed by atoms with Crippen molar-refractivity contribution >= 4 is 36.1 Å². The SMILES string of the molecule is C=CCNC1NC(C)=Nc2c1ncn2[C@@H]1O[C@H](COP(=S)(NC(C)C(=O)OC(C)C)Oc2ccccc2)[C@@H](O)[C@@]1(C)O. The topological polar surface area (TPSA) is 161 Å². The predicted octanol–water partition coefficient (Wildman–Crippen LogP) is 2.57. The molecule has 1 aromatic carbocycles. The summed E-state index contributed by atoms with van der Waals surface area (Å²) in [6.07, 6.45) is -0.828. The van der Waals surface area contributed by atoms with E-state index in [1.165, 1.54) is 13.3 Å². The lowest BCUT2D eigenvalue weighted by Gasteiger charge is -2.29. The molecule has 0 bridgehead atoms. The molecule has 0 saturated carbocycles. The van der Waals surface area contributed by atoms with E-state index in [1.54, 1.807) is 55.7 Å². The van der Waals surface area contributed by atoms with E-state index in [4.69, 9.17) is 30.3 Å². The Labute approximate surface area is 250 Å². The first-order valence-corrected chi connectivity index (χ1v) is 16.2. The van der Waals surface area contributed by atoms with Crippen LogP contribution in [0.5, 0.6) is 5.75 Å². The van der Waals surface area contributed by atoms with Crippen molar-refractivity contribution in [2.24, 2.45) is 4.99 Å². The van der Waals surface area contributed by atoms with Gasteiger partial charge in [-0.05, 0) is 58.6 Å². The quantitative estimate of drug-likeness (QED) is 0.126. The second-order valence-corrected chi connectivity index (χ2v) is 13.7. The number of carbonyl (C=O) groups is 1. The minimum absolute atomic E-state index is 0.249. The van der Waals surface area contributed by atoms with Gasteiger partial charge < -0.3 is 34.1 Å². The molecule has 7 atom stereocenters. The number of benzene rings is 1. The second-order valence-electron chi connectivity index (χ2n) is 10.6.